The lowest BCUT2D eigenvalue weighted by molar-refractivity contribution is 0.218. The standard InChI is InChI=1S/C16H16ClFO3/c1-9-4-5-10(18)8-12(9)15(19)11-6-7-13(20-2)16(21-3)14(11)17/h4-8,15,19H,1-3H3. The van der Waals surface area contributed by atoms with E-state index in [2.05, 4.69) is 0 Å². The first kappa shape index (κ1) is 15.6. The number of halogens is 2. The smallest absolute Gasteiger partial charge is 0.179 e. The number of aliphatic hydroxyl groups is 1. The Morgan fingerprint density at radius 3 is 2.43 bits per heavy atom. The van der Waals surface area contributed by atoms with Gasteiger partial charge in [0, 0.05) is 5.56 Å². The molecule has 1 atom stereocenters. The van der Waals surface area contributed by atoms with Crippen molar-refractivity contribution in [1.82, 2.24) is 0 Å². The van der Waals surface area contributed by atoms with Gasteiger partial charge in [-0.25, -0.2) is 4.39 Å². The highest BCUT2D eigenvalue weighted by Gasteiger charge is 2.21. The Labute approximate surface area is 127 Å². The highest BCUT2D eigenvalue weighted by molar-refractivity contribution is 6.33. The Morgan fingerprint density at radius 1 is 1.10 bits per heavy atom. The maximum Gasteiger partial charge on any atom is 0.179 e. The van der Waals surface area contributed by atoms with Crippen molar-refractivity contribution in [3.63, 3.8) is 0 Å². The Morgan fingerprint density at radius 2 is 1.81 bits per heavy atom. The molecule has 2 rings (SSSR count). The van der Waals surface area contributed by atoms with E-state index in [0.717, 1.165) is 5.56 Å². The second-order valence-corrected chi connectivity index (χ2v) is 4.99. The van der Waals surface area contributed by atoms with Crippen molar-refractivity contribution in [3.8, 4) is 11.5 Å². The first-order chi connectivity index (χ1) is 9.99. The summed E-state index contributed by atoms with van der Waals surface area (Å²) in [5, 5.41) is 10.8. The molecule has 0 radical (unpaired) electrons. The van der Waals surface area contributed by atoms with Gasteiger partial charge in [-0.3, -0.25) is 0 Å². The molecule has 0 saturated carbocycles. The van der Waals surface area contributed by atoms with Crippen LogP contribution in [0, 0.1) is 12.7 Å². The second-order valence-electron chi connectivity index (χ2n) is 4.61. The molecule has 0 aliphatic heterocycles. The third-order valence-corrected chi connectivity index (χ3v) is 3.74. The fourth-order valence-corrected chi connectivity index (χ4v) is 2.53. The molecule has 0 fully saturated rings. The zero-order chi connectivity index (χ0) is 15.6. The van der Waals surface area contributed by atoms with E-state index in [-0.39, 0.29) is 5.02 Å². The predicted octanol–water partition coefficient (Wildman–Crippen LogP) is 3.89. The third-order valence-electron chi connectivity index (χ3n) is 3.35. The highest BCUT2D eigenvalue weighted by Crippen LogP contribution is 2.41. The van der Waals surface area contributed by atoms with E-state index in [1.807, 2.05) is 0 Å². The molecule has 0 aromatic heterocycles. The number of hydrogen-bond donors (Lipinski definition) is 1. The van der Waals surface area contributed by atoms with Gasteiger partial charge in [0.05, 0.1) is 19.2 Å². The molecule has 3 nitrogen and oxygen atoms in total. The summed E-state index contributed by atoms with van der Waals surface area (Å²) in [6.45, 7) is 1.80. The molecule has 0 aliphatic rings. The number of aryl methyl sites for hydroxylation is 1. The van der Waals surface area contributed by atoms with E-state index in [1.165, 1.54) is 26.4 Å². The second kappa shape index (κ2) is 6.33. The third kappa shape index (κ3) is 2.96. The van der Waals surface area contributed by atoms with E-state index < -0.39 is 11.9 Å². The maximum atomic E-state index is 13.4. The van der Waals surface area contributed by atoms with Gasteiger partial charge in [-0.05, 0) is 36.2 Å². The molecule has 0 amide bonds. The Hall–Kier alpha value is -1.78. The summed E-state index contributed by atoms with van der Waals surface area (Å²) in [6.07, 6.45) is -1.05. The van der Waals surface area contributed by atoms with Gasteiger partial charge in [-0.15, -0.1) is 0 Å². The van der Waals surface area contributed by atoms with Gasteiger partial charge in [-0.2, -0.15) is 0 Å². The molecule has 5 heteroatoms. The molecule has 1 unspecified atom stereocenters. The van der Waals surface area contributed by atoms with Gasteiger partial charge in [0.15, 0.2) is 11.5 Å². The highest BCUT2D eigenvalue weighted by atomic mass is 35.5. The van der Waals surface area contributed by atoms with Crippen molar-refractivity contribution >= 4 is 11.6 Å². The average Bonchev–Trinajstić information content (AvgIpc) is 2.48. The molecule has 2 aromatic carbocycles. The van der Waals surface area contributed by atoms with Gasteiger partial charge < -0.3 is 14.6 Å². The minimum Gasteiger partial charge on any atom is -0.493 e. The number of ether oxygens (including phenoxy) is 2. The van der Waals surface area contributed by atoms with Gasteiger partial charge in [-0.1, -0.05) is 23.7 Å². The summed E-state index contributed by atoms with van der Waals surface area (Å²) < 4.78 is 23.8. The molecule has 112 valence electrons. The van der Waals surface area contributed by atoms with Crippen LogP contribution in [0.3, 0.4) is 0 Å². The SMILES string of the molecule is COc1ccc(C(O)c2cc(F)ccc2C)c(Cl)c1OC. The van der Waals surface area contributed by atoms with Crippen LogP contribution in [0.2, 0.25) is 5.02 Å². The largest absolute Gasteiger partial charge is 0.493 e. The number of benzene rings is 2. The van der Waals surface area contributed by atoms with E-state index in [9.17, 15) is 9.50 Å². The number of aliphatic hydroxyl groups excluding tert-OH is 1. The van der Waals surface area contributed by atoms with Crippen LogP contribution < -0.4 is 9.47 Å². The summed E-state index contributed by atoms with van der Waals surface area (Å²) in [6, 6.07) is 7.55. The van der Waals surface area contributed by atoms with E-state index in [4.69, 9.17) is 21.1 Å². The van der Waals surface area contributed by atoms with E-state index in [0.29, 0.717) is 22.6 Å². The van der Waals surface area contributed by atoms with Gasteiger partial charge in [0.1, 0.15) is 11.9 Å². The van der Waals surface area contributed by atoms with Crippen molar-refractivity contribution in [2.24, 2.45) is 0 Å². The molecular formula is C16H16ClFO3. The number of methoxy groups -OCH3 is 2. The van der Waals surface area contributed by atoms with Crippen molar-refractivity contribution < 1.29 is 19.0 Å². The minimum atomic E-state index is -1.05. The zero-order valence-corrected chi connectivity index (χ0v) is 12.7. The predicted molar refractivity (Wildman–Crippen MR) is 79.8 cm³/mol. The van der Waals surface area contributed by atoms with Crippen molar-refractivity contribution in [2.75, 3.05) is 14.2 Å². The summed E-state index contributed by atoms with van der Waals surface area (Å²) in [4.78, 5) is 0. The van der Waals surface area contributed by atoms with Crippen LogP contribution in [0.15, 0.2) is 30.3 Å². The first-order valence-corrected chi connectivity index (χ1v) is 6.71. The summed E-state index contributed by atoms with van der Waals surface area (Å²) in [7, 11) is 2.97. The lowest BCUT2D eigenvalue weighted by Gasteiger charge is -2.18. The van der Waals surface area contributed by atoms with Crippen LogP contribution in [-0.2, 0) is 0 Å². The minimum absolute atomic E-state index is 0.244. The fourth-order valence-electron chi connectivity index (χ4n) is 2.19. The van der Waals surface area contributed by atoms with Crippen LogP contribution in [0.4, 0.5) is 4.39 Å². The van der Waals surface area contributed by atoms with Gasteiger partial charge in [0.2, 0.25) is 0 Å². The lowest BCUT2D eigenvalue weighted by Crippen LogP contribution is -2.05. The topological polar surface area (TPSA) is 38.7 Å². The van der Waals surface area contributed by atoms with Crippen molar-refractivity contribution in [2.45, 2.75) is 13.0 Å². The maximum absolute atomic E-state index is 13.4. The van der Waals surface area contributed by atoms with E-state index in [1.54, 1.807) is 25.1 Å². The summed E-state index contributed by atoms with van der Waals surface area (Å²) >= 11 is 6.27. The zero-order valence-electron chi connectivity index (χ0n) is 12.0. The molecule has 0 aliphatic carbocycles. The quantitative estimate of drug-likeness (QED) is 0.931. The lowest BCUT2D eigenvalue weighted by atomic mass is 9.97. The Balaban J connectivity index is 2.53. The number of rotatable bonds is 4. The molecule has 2 aromatic rings. The molecule has 21 heavy (non-hydrogen) atoms. The molecule has 0 bridgehead atoms. The van der Waals surface area contributed by atoms with Gasteiger partial charge in [0.25, 0.3) is 0 Å². The van der Waals surface area contributed by atoms with Crippen LogP contribution in [0.25, 0.3) is 0 Å². The monoisotopic (exact) mass is 310 g/mol. The van der Waals surface area contributed by atoms with Gasteiger partial charge >= 0.3 is 0 Å². The van der Waals surface area contributed by atoms with Crippen LogP contribution >= 0.6 is 11.6 Å². The summed E-state index contributed by atoms with van der Waals surface area (Å²) in [5.41, 5.74) is 1.67. The van der Waals surface area contributed by atoms with Crippen LogP contribution in [-0.4, -0.2) is 19.3 Å². The van der Waals surface area contributed by atoms with Crippen LogP contribution in [0.1, 0.15) is 22.8 Å². The van der Waals surface area contributed by atoms with Crippen molar-refractivity contribution in [3.05, 3.63) is 57.9 Å². The molecular weight excluding hydrogens is 295 g/mol. The van der Waals surface area contributed by atoms with Crippen LogP contribution in [0.5, 0.6) is 11.5 Å². The number of hydrogen-bond acceptors (Lipinski definition) is 3. The molecule has 0 spiro atoms. The Bertz CT molecular complexity index is 658. The van der Waals surface area contributed by atoms with E-state index >= 15 is 0 Å². The molecule has 0 saturated heterocycles. The summed E-state index contributed by atoms with van der Waals surface area (Å²) in [5.74, 6) is 0.394. The van der Waals surface area contributed by atoms with Crippen molar-refractivity contribution in [1.29, 1.82) is 0 Å². The fraction of sp³-hybridized carbons (Fsp3) is 0.250. The molecule has 0 heterocycles. The average molecular weight is 311 g/mol. The Kier molecular flexibility index (Phi) is 4.70. The normalized spacial score (nSPS) is 12.1. The molecule has 1 N–H and O–H groups in total. The first-order valence-electron chi connectivity index (χ1n) is 6.34.